The minimum Gasteiger partial charge on any atom is -0.288 e. The molecule has 8 heterocycles. The predicted molar refractivity (Wildman–Crippen MR) is 231 cm³/mol. The van der Waals surface area contributed by atoms with Crippen molar-refractivity contribution >= 4 is 98.6 Å². The van der Waals surface area contributed by atoms with E-state index in [-0.39, 0.29) is 211 Å². The largest absolute Gasteiger partial charge is 0.404 e. The molecule has 6 aromatic rings. The van der Waals surface area contributed by atoms with Crippen molar-refractivity contribution in [3.63, 3.8) is 0 Å². The van der Waals surface area contributed by atoms with E-state index in [0.29, 0.717) is 0 Å². The van der Waals surface area contributed by atoms with E-state index in [4.69, 9.17) is 24.9 Å². The quantitative estimate of drug-likeness (QED) is 0.0976. The molecule has 372 valence electrons. The van der Waals surface area contributed by atoms with Crippen LogP contribution >= 0.6 is 12.0 Å². The molecule has 0 aliphatic carbocycles. The topological polar surface area (TPSA) is 284 Å². The van der Waals surface area contributed by atoms with Crippen molar-refractivity contribution < 1.29 is 249 Å². The number of hydrogen-bond acceptors (Lipinski definition) is 14. The van der Waals surface area contributed by atoms with Crippen LogP contribution in [0.2, 0.25) is 0 Å². The smallest absolute Gasteiger partial charge is 0.288 e. The first-order chi connectivity index (χ1) is 28.8. The van der Waals surface area contributed by atoms with E-state index < -0.39 is 36.0 Å². The van der Waals surface area contributed by atoms with E-state index in [1.807, 2.05) is 0 Å². The Labute approximate surface area is 555 Å². The monoisotopic (exact) mass is 2740 g/mol. The molecule has 6 aliphatic heterocycles. The summed E-state index contributed by atoms with van der Waals surface area (Å²) in [7, 11) is -9.50. The van der Waals surface area contributed by atoms with Crippen LogP contribution in [0, 0.1) is 4.91 Å². The fourth-order valence-corrected chi connectivity index (χ4v) is 7.97. The number of hydrogen-bond donors (Lipinski definition) is 3. The van der Waals surface area contributed by atoms with Gasteiger partial charge in [0, 0.05) is 238 Å². The Hall–Kier alpha value is 0.603. The zero-order chi connectivity index (χ0) is 43.8. The number of fused-ring (bicyclic) bond motifs is 12. The second kappa shape index (κ2) is 29.5. The molecule has 12 rings (SSSR count). The van der Waals surface area contributed by atoms with Crippen molar-refractivity contribution in [2.45, 2.75) is 5.91 Å². The number of nitrogens with zero attached hydrogens (tertiary/aromatic N) is 9. The molecule has 71 heavy (non-hydrogen) atoms. The van der Waals surface area contributed by atoms with E-state index in [9.17, 15) is 25.3 Å². The molecule has 6 aliphatic rings. The molecule has 1 spiro atoms. The van der Waals surface area contributed by atoms with Gasteiger partial charge in [0.2, 0.25) is 52.7 Å². The fraction of sp³-hybridized carbons (Fsp3) is 0.135. The normalized spacial score (nSPS) is 13.6. The zero-order valence-electron chi connectivity index (χ0n) is 36.5. The molecule has 34 heteroatoms. The zero-order valence-corrected chi connectivity index (χ0v) is 69.1. The molecule has 0 amide bonds. The molecule has 4 aromatic carbocycles. The molecule has 6 N–H and O–H groups in total. The summed E-state index contributed by atoms with van der Waals surface area (Å²) in [6, 6.07) is 34.0. The maximum absolute atomic E-state index is 9.41. The second-order valence-corrected chi connectivity index (χ2v) is 19.4. The van der Waals surface area contributed by atoms with E-state index in [1.165, 1.54) is 0 Å². The third kappa shape index (κ3) is 14.7. The van der Waals surface area contributed by atoms with Gasteiger partial charge in [-0.2, -0.15) is 9.13 Å². The standard InChI is InChI=1S/C33H16N8.3CH5NO2S.CH3NO2S.10W/c1-2-10-18-17(9-1)25-34-27-19-11-3-4-12-20(19)29-36-31-23-15-7-8-16-24(23)32-37-30-22-14-6-5-13-21(22)28-35-26(18)38(25)33(39(27)29,40(28)30)41(31)32;3*1-5(2,3)4;1-5-4-2-3;;;;;;;;;;/h1-16H;3*1H3,(H2,2,3,4);1H3;;;;;;;;;;/q+2;;;;;;;;;;;;;;. The molecular formula is C37H34N12O8S4W10+2. The van der Waals surface area contributed by atoms with Crippen molar-refractivity contribution in [3.05, 3.63) is 135 Å². The van der Waals surface area contributed by atoms with Crippen molar-refractivity contribution in [3.8, 4) is 0 Å². The Balaban J connectivity index is -0.00000134. The average molecular weight is 2740 g/mol. The summed E-state index contributed by atoms with van der Waals surface area (Å²) in [5.41, 5.74) is 6.13. The molecule has 0 saturated carbocycles. The molecular weight excluding hydrogens is 2710 g/mol. The van der Waals surface area contributed by atoms with Gasteiger partial charge >= 0.3 is 5.91 Å². The van der Waals surface area contributed by atoms with Crippen LogP contribution in [0.5, 0.6) is 0 Å². The second-order valence-electron chi connectivity index (χ2n) is 14.0. The van der Waals surface area contributed by atoms with Gasteiger partial charge in [0.15, 0.2) is 5.34 Å². The molecule has 0 atom stereocenters. The first kappa shape index (κ1) is 75.8. The average Bonchev–Trinajstić information content (AvgIpc) is 3.90. The number of nitrogens with two attached hydrogens (primary N) is 3. The number of primary sulfonamides is 3. The third-order valence-corrected chi connectivity index (χ3v) is 9.69. The van der Waals surface area contributed by atoms with Crippen LogP contribution < -0.4 is 26.4 Å². The number of benzene rings is 4. The van der Waals surface area contributed by atoms with E-state index in [0.717, 1.165) is 121 Å². The molecule has 20 nitrogen and oxygen atoms in total. The molecule has 0 bridgehead atoms. The number of aromatic nitrogens is 2. The third-order valence-electron chi connectivity index (χ3n) is 9.48. The first-order valence-corrected chi connectivity index (χ1v) is 24.7. The summed E-state index contributed by atoms with van der Waals surface area (Å²) in [4.78, 5) is 30.6. The predicted octanol–water partition coefficient (Wildman–Crippen LogP) is 1.36. The van der Waals surface area contributed by atoms with E-state index in [2.05, 4.69) is 140 Å². The van der Waals surface area contributed by atoms with Gasteiger partial charge in [-0.3, -0.25) is 4.28 Å². The number of rotatable bonds is 2. The SMILES string of the molecule is CS(N)(=O)=O.CS(N)(=O)=O.CS(N)(=O)=O.CSON=O.[W].[W].[W].[W].[W].[W].[W].[W].[W].[W].c1ccc2c(c1)C1=Nc3c4ccccc4c4n3C35n6c(c7ccccc7c6=NC6=[N+]3C(=N4)c3ccccc36)=NC2=[N+]15. The van der Waals surface area contributed by atoms with Crippen LogP contribution in [-0.2, 0) is 251 Å². The van der Waals surface area contributed by atoms with Crippen molar-refractivity contribution in [2.75, 3.05) is 25.0 Å². The summed E-state index contributed by atoms with van der Waals surface area (Å²) < 4.78 is 69.6. The maximum Gasteiger partial charge on any atom is 0.404 e. The van der Waals surface area contributed by atoms with Gasteiger partial charge < -0.3 is 0 Å². The number of aliphatic imine (C=N–C) groups is 2. The summed E-state index contributed by atoms with van der Waals surface area (Å²) in [6.07, 6.45) is 4.42. The van der Waals surface area contributed by atoms with E-state index >= 15 is 0 Å². The van der Waals surface area contributed by atoms with Gasteiger partial charge in [-0.1, -0.05) is 68.5 Å². The summed E-state index contributed by atoms with van der Waals surface area (Å²) in [5, 5.41) is 19.4. The molecule has 0 unspecified atom stereocenters. The fourth-order valence-electron chi connectivity index (χ4n) is 7.91. The van der Waals surface area contributed by atoms with Crippen molar-refractivity contribution in [1.29, 1.82) is 0 Å². The Kier molecular flexibility index (Phi) is 31.6. The minimum atomic E-state index is -3.17. The maximum atomic E-state index is 9.41. The number of sulfonamides is 3. The molecule has 0 fully saturated rings. The van der Waals surface area contributed by atoms with Crippen molar-refractivity contribution in [2.24, 2.45) is 40.7 Å². The van der Waals surface area contributed by atoms with Crippen LogP contribution in [0.1, 0.15) is 22.3 Å². The van der Waals surface area contributed by atoms with Gasteiger partial charge in [0.05, 0.1) is 53.1 Å². The van der Waals surface area contributed by atoms with Crippen LogP contribution in [0.4, 0.5) is 11.6 Å². The van der Waals surface area contributed by atoms with Crippen LogP contribution in [-0.4, -0.2) is 91.9 Å². The Bertz CT molecular complexity index is 3310. The molecule has 2 aromatic heterocycles. The first-order valence-electron chi connectivity index (χ1n) is 17.7. The Morgan fingerprint density at radius 2 is 0.775 bits per heavy atom. The van der Waals surface area contributed by atoms with Crippen LogP contribution in [0.25, 0.3) is 21.5 Å². The summed E-state index contributed by atoms with van der Waals surface area (Å²) in [6.45, 7) is 0. The summed E-state index contributed by atoms with van der Waals surface area (Å²) >= 11 is 0.922. The van der Waals surface area contributed by atoms with E-state index in [1.54, 1.807) is 6.26 Å². The van der Waals surface area contributed by atoms with Gasteiger partial charge in [0.25, 0.3) is 23.3 Å². The minimum absolute atomic E-state index is 0. The number of amidine groups is 4. The van der Waals surface area contributed by atoms with Crippen LogP contribution in [0.15, 0.2) is 122 Å². The Morgan fingerprint density at radius 3 is 1.06 bits per heavy atom. The Morgan fingerprint density at radius 1 is 0.493 bits per heavy atom. The van der Waals surface area contributed by atoms with Crippen molar-refractivity contribution in [1.82, 2.24) is 9.13 Å². The summed E-state index contributed by atoms with van der Waals surface area (Å²) in [5.74, 6) is 4.46. The van der Waals surface area contributed by atoms with Gasteiger partial charge in [-0.15, -0.1) is 14.1 Å². The van der Waals surface area contributed by atoms with Crippen LogP contribution in [0.3, 0.4) is 0 Å². The van der Waals surface area contributed by atoms with Gasteiger partial charge in [-0.05, 0) is 48.5 Å². The molecule has 0 saturated heterocycles. The van der Waals surface area contributed by atoms with Gasteiger partial charge in [-0.25, -0.2) is 40.7 Å². The molecule has 0 radical (unpaired) electrons. The van der Waals surface area contributed by atoms with Gasteiger partial charge in [0.1, 0.15) is 0 Å².